The van der Waals surface area contributed by atoms with Gasteiger partial charge in [-0.25, -0.2) is 8.42 Å². The van der Waals surface area contributed by atoms with E-state index in [0.29, 0.717) is 5.69 Å². The molecular weight excluding hydrogens is 384 g/mol. The molecule has 0 spiro atoms. The average Bonchev–Trinajstić information content (AvgIpc) is 2.77. The first-order chi connectivity index (χ1) is 14.0. The van der Waals surface area contributed by atoms with Crippen LogP contribution in [-0.4, -0.2) is 20.9 Å². The van der Waals surface area contributed by atoms with E-state index in [2.05, 4.69) is 11.2 Å². The van der Waals surface area contributed by atoms with E-state index >= 15 is 0 Å². The number of para-hydroxylation sites is 1. The Morgan fingerprint density at radius 2 is 1.59 bits per heavy atom. The second-order valence-corrected chi connectivity index (χ2v) is 8.11. The Morgan fingerprint density at radius 3 is 2.24 bits per heavy atom. The van der Waals surface area contributed by atoms with Gasteiger partial charge in [0, 0.05) is 5.56 Å². The highest BCUT2D eigenvalue weighted by atomic mass is 32.2. The number of rotatable bonds is 7. The lowest BCUT2D eigenvalue weighted by molar-refractivity contribution is 0.0958. The van der Waals surface area contributed by atoms with Gasteiger partial charge >= 0.3 is 0 Å². The van der Waals surface area contributed by atoms with Gasteiger partial charge in [0.15, 0.2) is 0 Å². The van der Waals surface area contributed by atoms with Crippen LogP contribution in [0.4, 0.5) is 5.69 Å². The molecule has 0 aliphatic heterocycles. The molecule has 3 rings (SSSR count). The first kappa shape index (κ1) is 20.2. The summed E-state index contributed by atoms with van der Waals surface area (Å²) in [6, 6.07) is 24.2. The first-order valence-corrected chi connectivity index (χ1v) is 10.4. The van der Waals surface area contributed by atoms with Crippen LogP contribution in [0.25, 0.3) is 0 Å². The van der Waals surface area contributed by atoms with E-state index in [1.165, 1.54) is 16.4 Å². The van der Waals surface area contributed by atoms with E-state index in [9.17, 15) is 13.2 Å². The minimum Gasteiger partial charge on any atom is -0.341 e. The number of anilines is 1. The number of amides is 1. The minimum absolute atomic E-state index is 0.0330. The number of carbonyl (C=O) groups is 1. The van der Waals surface area contributed by atoms with E-state index in [0.717, 1.165) is 5.56 Å². The molecule has 0 heterocycles. The predicted octanol–water partition coefficient (Wildman–Crippen LogP) is 3.45. The number of carbonyl (C=O) groups excluding carboxylic acids is 1. The van der Waals surface area contributed by atoms with Crippen molar-refractivity contribution in [1.82, 2.24) is 5.32 Å². The van der Waals surface area contributed by atoms with Crippen molar-refractivity contribution in [3.05, 3.63) is 96.1 Å². The molecule has 5 nitrogen and oxygen atoms in total. The van der Waals surface area contributed by atoms with Gasteiger partial charge in [-0.15, -0.1) is 6.42 Å². The highest BCUT2D eigenvalue weighted by Gasteiger charge is 2.26. The second-order valence-electron chi connectivity index (χ2n) is 6.25. The number of benzene rings is 3. The van der Waals surface area contributed by atoms with E-state index in [4.69, 9.17) is 6.42 Å². The summed E-state index contributed by atoms with van der Waals surface area (Å²) in [4.78, 5) is 12.2. The van der Waals surface area contributed by atoms with Crippen molar-refractivity contribution in [3.8, 4) is 12.3 Å². The summed E-state index contributed by atoms with van der Waals surface area (Å²) in [6.45, 7) is 0.237. The fourth-order valence-electron chi connectivity index (χ4n) is 2.82. The number of hydrogen-bond donors (Lipinski definition) is 1. The molecular formula is C23H20N2O3S. The minimum atomic E-state index is -3.92. The Bertz CT molecular complexity index is 1120. The summed E-state index contributed by atoms with van der Waals surface area (Å²) in [5.74, 6) is 1.90. The van der Waals surface area contributed by atoms with Gasteiger partial charge in [-0.1, -0.05) is 60.5 Å². The lowest BCUT2D eigenvalue weighted by Gasteiger charge is -2.25. The fraction of sp³-hybridized carbons (Fsp3) is 0.0870. The number of sulfonamides is 1. The van der Waals surface area contributed by atoms with Crippen LogP contribution >= 0.6 is 0 Å². The molecule has 0 aliphatic rings. The second kappa shape index (κ2) is 9.09. The average molecular weight is 404 g/mol. The van der Waals surface area contributed by atoms with Crippen molar-refractivity contribution in [2.24, 2.45) is 0 Å². The predicted molar refractivity (Wildman–Crippen MR) is 114 cm³/mol. The SMILES string of the molecule is C#CCNC(=O)c1cccc(S(=O)(=O)N(Cc2ccccc2)c2ccccc2)c1. The zero-order valence-electron chi connectivity index (χ0n) is 15.7. The van der Waals surface area contributed by atoms with Gasteiger partial charge < -0.3 is 5.32 Å². The molecule has 0 unspecified atom stereocenters. The molecule has 146 valence electrons. The number of nitrogens with one attached hydrogen (secondary N) is 1. The number of terminal acetylenes is 1. The zero-order valence-corrected chi connectivity index (χ0v) is 16.5. The molecule has 29 heavy (non-hydrogen) atoms. The normalized spacial score (nSPS) is 10.7. The van der Waals surface area contributed by atoms with Crippen molar-refractivity contribution in [2.45, 2.75) is 11.4 Å². The van der Waals surface area contributed by atoms with E-state index < -0.39 is 15.9 Å². The number of hydrogen-bond acceptors (Lipinski definition) is 3. The van der Waals surface area contributed by atoms with Crippen molar-refractivity contribution in [1.29, 1.82) is 0 Å². The topological polar surface area (TPSA) is 66.5 Å². The zero-order chi connectivity index (χ0) is 20.7. The van der Waals surface area contributed by atoms with Crippen LogP contribution < -0.4 is 9.62 Å². The van der Waals surface area contributed by atoms with E-state index in [1.807, 2.05) is 36.4 Å². The highest BCUT2D eigenvalue weighted by molar-refractivity contribution is 7.92. The van der Waals surface area contributed by atoms with Crippen LogP contribution in [0.5, 0.6) is 0 Å². The van der Waals surface area contributed by atoms with Crippen molar-refractivity contribution in [3.63, 3.8) is 0 Å². The standard InChI is InChI=1S/C23H20N2O3S/c1-2-16-24-23(26)20-12-9-15-22(17-20)29(27,28)25(21-13-7-4-8-14-21)18-19-10-5-3-6-11-19/h1,3-15,17H,16,18H2,(H,24,26). The van der Waals surface area contributed by atoms with Crippen LogP contribution in [0.3, 0.4) is 0 Å². The summed E-state index contributed by atoms with van der Waals surface area (Å²) in [5, 5.41) is 2.54. The Labute approximate surface area is 171 Å². The van der Waals surface area contributed by atoms with Gasteiger partial charge in [-0.3, -0.25) is 9.10 Å². The van der Waals surface area contributed by atoms with Crippen LogP contribution in [0.15, 0.2) is 89.8 Å². The molecule has 1 N–H and O–H groups in total. The monoisotopic (exact) mass is 404 g/mol. The summed E-state index contributed by atoms with van der Waals surface area (Å²) in [5.41, 5.74) is 1.62. The smallest absolute Gasteiger partial charge is 0.264 e. The molecule has 0 aliphatic carbocycles. The van der Waals surface area contributed by atoms with Crippen molar-refractivity contribution >= 4 is 21.6 Å². The summed E-state index contributed by atoms with van der Waals surface area (Å²) >= 11 is 0. The van der Waals surface area contributed by atoms with Crippen LogP contribution in [0, 0.1) is 12.3 Å². The third-order valence-electron chi connectivity index (χ3n) is 4.25. The summed E-state index contributed by atoms with van der Waals surface area (Å²) < 4.78 is 28.3. The lowest BCUT2D eigenvalue weighted by Crippen LogP contribution is -2.31. The van der Waals surface area contributed by atoms with Gasteiger partial charge in [0.25, 0.3) is 15.9 Å². The van der Waals surface area contributed by atoms with Crippen LogP contribution in [0.2, 0.25) is 0 Å². The third kappa shape index (κ3) is 4.84. The quantitative estimate of drug-likeness (QED) is 0.614. The first-order valence-electron chi connectivity index (χ1n) is 8.96. The van der Waals surface area contributed by atoms with E-state index in [1.54, 1.807) is 36.4 Å². The number of nitrogens with zero attached hydrogens (tertiary/aromatic N) is 1. The maximum atomic E-state index is 13.5. The van der Waals surface area contributed by atoms with Gasteiger partial charge in [-0.05, 0) is 35.9 Å². The molecule has 0 radical (unpaired) electrons. The Hall–Kier alpha value is -3.56. The van der Waals surface area contributed by atoms with Gasteiger partial charge in [0.05, 0.1) is 23.7 Å². The lowest BCUT2D eigenvalue weighted by atomic mass is 10.2. The molecule has 0 aromatic heterocycles. The molecule has 0 atom stereocenters. The molecule has 3 aromatic carbocycles. The molecule has 3 aromatic rings. The Kier molecular flexibility index (Phi) is 6.32. The van der Waals surface area contributed by atoms with Gasteiger partial charge in [-0.2, -0.15) is 0 Å². The summed E-state index contributed by atoms with van der Waals surface area (Å²) in [6.07, 6.45) is 5.16. The summed E-state index contributed by atoms with van der Waals surface area (Å²) in [7, 11) is -3.92. The maximum Gasteiger partial charge on any atom is 0.264 e. The van der Waals surface area contributed by atoms with Gasteiger partial charge in [0.1, 0.15) is 0 Å². The van der Waals surface area contributed by atoms with Crippen molar-refractivity contribution < 1.29 is 13.2 Å². The van der Waals surface area contributed by atoms with E-state index in [-0.39, 0.29) is 23.5 Å². The van der Waals surface area contributed by atoms with Crippen LogP contribution in [-0.2, 0) is 16.6 Å². The molecule has 0 saturated carbocycles. The Morgan fingerprint density at radius 1 is 0.931 bits per heavy atom. The largest absolute Gasteiger partial charge is 0.341 e. The van der Waals surface area contributed by atoms with Crippen LogP contribution in [0.1, 0.15) is 15.9 Å². The van der Waals surface area contributed by atoms with Crippen molar-refractivity contribution in [2.75, 3.05) is 10.8 Å². The fourth-order valence-corrected chi connectivity index (χ4v) is 4.32. The Balaban J connectivity index is 2.01. The van der Waals surface area contributed by atoms with Gasteiger partial charge in [0.2, 0.25) is 0 Å². The third-order valence-corrected chi connectivity index (χ3v) is 6.02. The molecule has 0 saturated heterocycles. The molecule has 6 heteroatoms. The molecule has 1 amide bonds. The maximum absolute atomic E-state index is 13.5. The molecule has 0 fully saturated rings. The highest BCUT2D eigenvalue weighted by Crippen LogP contribution is 2.26. The molecule has 0 bridgehead atoms.